The monoisotopic (exact) mass is 419 g/mol. The summed E-state index contributed by atoms with van der Waals surface area (Å²) in [6.07, 6.45) is 3.32. The molecule has 1 N–H and O–H groups in total. The van der Waals surface area contributed by atoms with Crippen molar-refractivity contribution in [2.75, 3.05) is 0 Å². The topological polar surface area (TPSA) is 60.1 Å². The number of benzene rings is 2. The summed E-state index contributed by atoms with van der Waals surface area (Å²) in [4.78, 5) is 13.1. The van der Waals surface area contributed by atoms with Gasteiger partial charge in [0.2, 0.25) is 0 Å². The average Bonchev–Trinajstić information content (AvgIpc) is 3.43. The second-order valence-electron chi connectivity index (χ2n) is 7.18. The van der Waals surface area contributed by atoms with Gasteiger partial charge in [-0.2, -0.15) is 5.10 Å². The molecule has 0 saturated heterocycles. The number of carbonyl (C=O) groups is 1. The molecule has 1 atom stereocenters. The first-order valence-corrected chi connectivity index (χ1v) is 10.2. The van der Waals surface area contributed by atoms with E-state index in [2.05, 4.69) is 22.5 Å². The molecule has 0 fully saturated rings. The smallest absolute Gasteiger partial charge is 0.270 e. The highest BCUT2D eigenvalue weighted by atomic mass is 35.5. The fourth-order valence-electron chi connectivity index (χ4n) is 3.29. The Kier molecular flexibility index (Phi) is 6.00. The number of hydrogen-bond acceptors (Lipinski definition) is 3. The van der Waals surface area contributed by atoms with Crippen LogP contribution in [0.1, 0.15) is 29.4 Å². The first-order chi connectivity index (χ1) is 14.6. The minimum Gasteiger partial charge on any atom is -0.463 e. The van der Waals surface area contributed by atoms with Crippen LogP contribution in [0.15, 0.2) is 83.5 Å². The highest BCUT2D eigenvalue weighted by Crippen LogP contribution is 2.23. The van der Waals surface area contributed by atoms with Gasteiger partial charge in [0, 0.05) is 17.1 Å². The van der Waals surface area contributed by atoms with E-state index >= 15 is 0 Å². The van der Waals surface area contributed by atoms with Crippen molar-refractivity contribution >= 4 is 17.5 Å². The fourth-order valence-corrected chi connectivity index (χ4v) is 3.47. The summed E-state index contributed by atoms with van der Waals surface area (Å²) >= 11 is 6.16. The van der Waals surface area contributed by atoms with Crippen LogP contribution in [0.25, 0.3) is 17.1 Å². The van der Waals surface area contributed by atoms with Crippen LogP contribution >= 0.6 is 11.6 Å². The van der Waals surface area contributed by atoms with Crippen LogP contribution < -0.4 is 5.32 Å². The molecule has 2 heterocycles. The van der Waals surface area contributed by atoms with E-state index in [-0.39, 0.29) is 11.9 Å². The van der Waals surface area contributed by atoms with Gasteiger partial charge in [0.15, 0.2) is 5.76 Å². The van der Waals surface area contributed by atoms with Crippen molar-refractivity contribution in [2.24, 2.45) is 0 Å². The molecule has 4 aromatic rings. The minimum absolute atomic E-state index is 0.00693. The number of aromatic nitrogens is 2. The minimum atomic E-state index is -0.194. The third kappa shape index (κ3) is 4.63. The predicted molar refractivity (Wildman–Crippen MR) is 118 cm³/mol. The molecular weight excluding hydrogens is 398 g/mol. The largest absolute Gasteiger partial charge is 0.463 e. The lowest BCUT2D eigenvalue weighted by molar-refractivity contribution is 0.0930. The van der Waals surface area contributed by atoms with Gasteiger partial charge >= 0.3 is 0 Å². The van der Waals surface area contributed by atoms with Crippen molar-refractivity contribution in [2.45, 2.75) is 25.8 Å². The number of hydrogen-bond donors (Lipinski definition) is 1. The normalized spacial score (nSPS) is 11.9. The Bertz CT molecular complexity index is 1120. The molecule has 0 bridgehead atoms. The molecule has 1 amide bonds. The Morgan fingerprint density at radius 3 is 2.67 bits per heavy atom. The van der Waals surface area contributed by atoms with Crippen molar-refractivity contribution in [1.82, 2.24) is 15.1 Å². The summed E-state index contributed by atoms with van der Waals surface area (Å²) in [5.41, 5.74) is 2.97. The first kappa shape index (κ1) is 20.0. The Hall–Kier alpha value is -3.31. The summed E-state index contributed by atoms with van der Waals surface area (Å²) in [7, 11) is 0. The molecule has 0 aliphatic rings. The lowest BCUT2D eigenvalue weighted by atomic mass is 10.1. The van der Waals surface area contributed by atoms with Gasteiger partial charge in [-0.25, -0.2) is 4.68 Å². The molecule has 2 aromatic carbocycles. The summed E-state index contributed by atoms with van der Waals surface area (Å²) in [6.45, 7) is 2.01. The molecule has 0 radical (unpaired) electrons. The van der Waals surface area contributed by atoms with Crippen molar-refractivity contribution in [1.29, 1.82) is 0 Å². The summed E-state index contributed by atoms with van der Waals surface area (Å²) < 4.78 is 7.06. The Balaban J connectivity index is 1.56. The molecule has 5 nitrogen and oxygen atoms in total. The van der Waals surface area contributed by atoms with Gasteiger partial charge in [-0.15, -0.1) is 0 Å². The van der Waals surface area contributed by atoms with E-state index in [1.165, 1.54) is 5.56 Å². The van der Waals surface area contributed by atoms with Crippen molar-refractivity contribution < 1.29 is 9.21 Å². The van der Waals surface area contributed by atoms with Gasteiger partial charge < -0.3 is 9.73 Å². The third-order valence-corrected chi connectivity index (χ3v) is 5.09. The van der Waals surface area contributed by atoms with Crippen LogP contribution in [-0.2, 0) is 6.42 Å². The zero-order valence-corrected chi connectivity index (χ0v) is 17.3. The quantitative estimate of drug-likeness (QED) is 0.428. The van der Waals surface area contributed by atoms with Gasteiger partial charge in [0.25, 0.3) is 5.91 Å². The molecule has 0 spiro atoms. The molecule has 0 aliphatic carbocycles. The van der Waals surface area contributed by atoms with E-state index in [4.69, 9.17) is 16.0 Å². The predicted octanol–water partition coefficient (Wildman–Crippen LogP) is 5.54. The Labute approximate surface area is 180 Å². The molecule has 0 aliphatic heterocycles. The van der Waals surface area contributed by atoms with Crippen LogP contribution in [0.2, 0.25) is 5.02 Å². The number of aryl methyl sites for hydroxylation is 1. The van der Waals surface area contributed by atoms with Gasteiger partial charge in [0.05, 0.1) is 12.0 Å². The molecule has 152 valence electrons. The number of rotatable bonds is 7. The fraction of sp³-hybridized carbons (Fsp3) is 0.167. The molecule has 1 unspecified atom stereocenters. The second-order valence-corrected chi connectivity index (χ2v) is 7.62. The number of furan rings is 1. The lowest BCUT2D eigenvalue weighted by Gasteiger charge is -2.15. The van der Waals surface area contributed by atoms with Gasteiger partial charge in [-0.1, -0.05) is 48.0 Å². The van der Waals surface area contributed by atoms with E-state index in [1.807, 2.05) is 43.3 Å². The summed E-state index contributed by atoms with van der Waals surface area (Å²) in [5, 5.41) is 8.25. The van der Waals surface area contributed by atoms with Crippen LogP contribution in [-0.4, -0.2) is 21.7 Å². The van der Waals surface area contributed by atoms with Gasteiger partial charge in [0.1, 0.15) is 11.4 Å². The van der Waals surface area contributed by atoms with Crippen LogP contribution in [0, 0.1) is 0 Å². The second kappa shape index (κ2) is 9.01. The van der Waals surface area contributed by atoms with Crippen molar-refractivity contribution in [3.8, 4) is 17.1 Å². The first-order valence-electron chi connectivity index (χ1n) is 9.85. The molecule has 30 heavy (non-hydrogen) atoms. The number of nitrogens with one attached hydrogen (secondary N) is 1. The van der Waals surface area contributed by atoms with Crippen LogP contribution in [0.4, 0.5) is 0 Å². The van der Waals surface area contributed by atoms with Gasteiger partial charge in [-0.05, 0) is 55.7 Å². The molecule has 2 aromatic heterocycles. The lowest BCUT2D eigenvalue weighted by Crippen LogP contribution is -2.34. The SMILES string of the molecule is CC(CCc1ccccc1)NC(=O)c1cc(-c2ccco2)nn1-c1cccc(Cl)c1. The summed E-state index contributed by atoms with van der Waals surface area (Å²) in [5.74, 6) is 0.405. The maximum atomic E-state index is 13.1. The van der Waals surface area contributed by atoms with E-state index in [9.17, 15) is 4.79 Å². The van der Waals surface area contributed by atoms with Crippen molar-refractivity contribution in [3.63, 3.8) is 0 Å². The van der Waals surface area contributed by atoms with Crippen LogP contribution in [0.3, 0.4) is 0 Å². The standard InChI is InChI=1S/C24H22ClN3O2/c1-17(12-13-18-7-3-2-4-8-18)26-24(29)22-16-21(23-11-6-14-30-23)27-28(22)20-10-5-9-19(25)15-20/h2-11,14-17H,12-13H2,1H3,(H,26,29). The molecule has 0 saturated carbocycles. The third-order valence-electron chi connectivity index (χ3n) is 4.85. The molecule has 4 rings (SSSR count). The highest BCUT2D eigenvalue weighted by molar-refractivity contribution is 6.30. The summed E-state index contributed by atoms with van der Waals surface area (Å²) in [6, 6.07) is 22.8. The van der Waals surface area contributed by atoms with E-state index < -0.39 is 0 Å². The van der Waals surface area contributed by atoms with Crippen molar-refractivity contribution in [3.05, 3.63) is 95.3 Å². The average molecular weight is 420 g/mol. The zero-order chi connectivity index (χ0) is 20.9. The number of amides is 1. The Morgan fingerprint density at radius 2 is 1.93 bits per heavy atom. The number of halogens is 1. The zero-order valence-electron chi connectivity index (χ0n) is 16.6. The Morgan fingerprint density at radius 1 is 1.10 bits per heavy atom. The highest BCUT2D eigenvalue weighted by Gasteiger charge is 2.20. The van der Waals surface area contributed by atoms with E-state index in [0.717, 1.165) is 12.8 Å². The maximum absolute atomic E-state index is 13.1. The number of nitrogens with zero attached hydrogens (tertiary/aromatic N) is 2. The maximum Gasteiger partial charge on any atom is 0.270 e. The van der Waals surface area contributed by atoms with Gasteiger partial charge in [-0.3, -0.25) is 4.79 Å². The molecule has 6 heteroatoms. The van der Waals surface area contributed by atoms with E-state index in [1.54, 1.807) is 35.2 Å². The van der Waals surface area contributed by atoms with Crippen LogP contribution in [0.5, 0.6) is 0 Å². The van der Waals surface area contributed by atoms with E-state index in [0.29, 0.717) is 27.9 Å². The molecular formula is C24H22ClN3O2. The number of carbonyl (C=O) groups excluding carboxylic acids is 1.